The fourth-order valence-electron chi connectivity index (χ4n) is 2.97. The molecule has 0 saturated carbocycles. The molecule has 0 radical (unpaired) electrons. The first kappa shape index (κ1) is 15.5. The van der Waals surface area contributed by atoms with Crippen molar-refractivity contribution in [2.24, 2.45) is 0 Å². The zero-order valence-electron chi connectivity index (χ0n) is 13.6. The summed E-state index contributed by atoms with van der Waals surface area (Å²) in [6, 6.07) is 13.7. The molecule has 0 unspecified atom stereocenters. The molecule has 0 spiro atoms. The van der Waals surface area contributed by atoms with E-state index in [1.807, 2.05) is 31.2 Å². The number of benzene rings is 2. The van der Waals surface area contributed by atoms with Gasteiger partial charge in [0, 0.05) is 30.1 Å². The summed E-state index contributed by atoms with van der Waals surface area (Å²) < 4.78 is 18.3. The lowest BCUT2D eigenvalue weighted by Gasteiger charge is -2.16. The van der Waals surface area contributed by atoms with Crippen molar-refractivity contribution in [1.82, 2.24) is 10.1 Å². The number of halogens is 1. The van der Waals surface area contributed by atoms with E-state index in [4.69, 9.17) is 4.52 Å². The number of hydrogen-bond donors (Lipinski definition) is 0. The lowest BCUT2D eigenvalue weighted by Crippen LogP contribution is -2.24. The van der Waals surface area contributed by atoms with Gasteiger partial charge in [-0.05, 0) is 43.3 Å². The third-order valence-electron chi connectivity index (χ3n) is 4.37. The first-order valence-corrected chi connectivity index (χ1v) is 8.07. The van der Waals surface area contributed by atoms with Crippen LogP contribution >= 0.6 is 0 Å². The monoisotopic (exact) mass is 337 g/mol. The third-order valence-corrected chi connectivity index (χ3v) is 4.37. The van der Waals surface area contributed by atoms with E-state index in [1.54, 1.807) is 17.0 Å². The molecule has 1 aliphatic rings. The van der Waals surface area contributed by atoms with Crippen LogP contribution in [0.2, 0.25) is 0 Å². The molecule has 1 atom stereocenters. The highest BCUT2D eigenvalue weighted by Gasteiger charge is 2.34. The van der Waals surface area contributed by atoms with Crippen molar-refractivity contribution in [2.45, 2.75) is 19.3 Å². The number of anilines is 1. The number of rotatable bonds is 3. The highest BCUT2D eigenvalue weighted by molar-refractivity contribution is 5.96. The van der Waals surface area contributed by atoms with Crippen LogP contribution in [0.3, 0.4) is 0 Å². The van der Waals surface area contributed by atoms with Gasteiger partial charge in [0.2, 0.25) is 5.91 Å². The number of aromatic nitrogens is 2. The number of aryl methyl sites for hydroxylation is 1. The van der Waals surface area contributed by atoms with Crippen LogP contribution in [0.15, 0.2) is 53.1 Å². The molecule has 2 heterocycles. The summed E-state index contributed by atoms with van der Waals surface area (Å²) in [7, 11) is 0. The zero-order chi connectivity index (χ0) is 17.4. The highest BCUT2D eigenvalue weighted by atomic mass is 19.1. The van der Waals surface area contributed by atoms with E-state index in [-0.39, 0.29) is 17.6 Å². The van der Waals surface area contributed by atoms with Gasteiger partial charge in [0.25, 0.3) is 5.89 Å². The van der Waals surface area contributed by atoms with Crippen LogP contribution in [0.1, 0.15) is 23.7 Å². The summed E-state index contributed by atoms with van der Waals surface area (Å²) in [5.41, 5.74) is 2.68. The van der Waals surface area contributed by atoms with Crippen LogP contribution < -0.4 is 4.90 Å². The number of nitrogens with zero attached hydrogens (tertiary/aromatic N) is 3. The molecule has 1 amide bonds. The van der Waals surface area contributed by atoms with Crippen LogP contribution in [-0.4, -0.2) is 22.6 Å². The van der Waals surface area contributed by atoms with Gasteiger partial charge in [-0.1, -0.05) is 22.9 Å². The van der Waals surface area contributed by atoms with Crippen molar-refractivity contribution in [2.75, 3.05) is 11.4 Å². The molecule has 1 aromatic heterocycles. The molecule has 3 aromatic rings. The van der Waals surface area contributed by atoms with Gasteiger partial charge in [0.1, 0.15) is 5.82 Å². The number of carbonyl (C=O) groups is 1. The average Bonchev–Trinajstić information content (AvgIpc) is 3.23. The van der Waals surface area contributed by atoms with Crippen LogP contribution in [0.25, 0.3) is 11.5 Å². The SMILES string of the molecule is Cc1ccc(N2C[C@@H](c3noc(-c4ccc(F)cc4)n3)CC2=O)cc1. The lowest BCUT2D eigenvalue weighted by atomic mass is 10.1. The Morgan fingerprint density at radius 2 is 1.84 bits per heavy atom. The van der Waals surface area contributed by atoms with Gasteiger partial charge < -0.3 is 9.42 Å². The lowest BCUT2D eigenvalue weighted by molar-refractivity contribution is -0.117. The maximum Gasteiger partial charge on any atom is 0.257 e. The molecule has 1 fully saturated rings. The van der Waals surface area contributed by atoms with E-state index in [0.717, 1.165) is 11.3 Å². The molecular formula is C19H16FN3O2. The van der Waals surface area contributed by atoms with Gasteiger partial charge in [-0.2, -0.15) is 4.98 Å². The Labute approximate surface area is 144 Å². The molecule has 1 saturated heterocycles. The molecule has 2 aromatic carbocycles. The van der Waals surface area contributed by atoms with E-state index < -0.39 is 0 Å². The third kappa shape index (κ3) is 3.03. The van der Waals surface area contributed by atoms with Crippen molar-refractivity contribution >= 4 is 11.6 Å². The molecule has 6 heteroatoms. The first-order chi connectivity index (χ1) is 12.1. The first-order valence-electron chi connectivity index (χ1n) is 8.07. The fraction of sp³-hybridized carbons (Fsp3) is 0.211. The summed E-state index contributed by atoms with van der Waals surface area (Å²) in [5, 5.41) is 4.01. The number of amides is 1. The highest BCUT2D eigenvalue weighted by Crippen LogP contribution is 2.31. The summed E-state index contributed by atoms with van der Waals surface area (Å²) in [4.78, 5) is 18.5. The van der Waals surface area contributed by atoms with Crippen molar-refractivity contribution in [3.05, 3.63) is 65.7 Å². The second-order valence-corrected chi connectivity index (χ2v) is 6.21. The van der Waals surface area contributed by atoms with E-state index >= 15 is 0 Å². The molecule has 1 aliphatic heterocycles. The normalized spacial score (nSPS) is 17.3. The smallest absolute Gasteiger partial charge is 0.257 e. The number of carbonyl (C=O) groups excluding carboxylic acids is 1. The summed E-state index contributed by atoms with van der Waals surface area (Å²) in [6.07, 6.45) is 0.344. The van der Waals surface area contributed by atoms with Crippen molar-refractivity contribution < 1.29 is 13.7 Å². The number of hydrogen-bond acceptors (Lipinski definition) is 4. The van der Waals surface area contributed by atoms with Crippen molar-refractivity contribution in [3.63, 3.8) is 0 Å². The molecule has 5 nitrogen and oxygen atoms in total. The minimum atomic E-state index is -0.321. The van der Waals surface area contributed by atoms with Gasteiger partial charge in [-0.3, -0.25) is 4.79 Å². The Morgan fingerprint density at radius 3 is 2.56 bits per heavy atom. The molecule has 0 N–H and O–H groups in total. The summed E-state index contributed by atoms with van der Waals surface area (Å²) in [5.74, 6) is 0.436. The Hall–Kier alpha value is -3.02. The molecule has 0 bridgehead atoms. The van der Waals surface area contributed by atoms with Crippen LogP contribution in [-0.2, 0) is 4.79 Å². The Balaban J connectivity index is 1.54. The molecule has 25 heavy (non-hydrogen) atoms. The average molecular weight is 337 g/mol. The van der Waals surface area contributed by atoms with E-state index in [9.17, 15) is 9.18 Å². The summed E-state index contributed by atoms with van der Waals surface area (Å²) in [6.45, 7) is 2.53. The summed E-state index contributed by atoms with van der Waals surface area (Å²) >= 11 is 0. The largest absolute Gasteiger partial charge is 0.334 e. The van der Waals surface area contributed by atoms with Gasteiger partial charge in [-0.15, -0.1) is 0 Å². The standard InChI is InChI=1S/C19H16FN3O2/c1-12-2-8-16(9-3-12)23-11-14(10-17(23)24)18-21-19(25-22-18)13-4-6-15(20)7-5-13/h2-9,14H,10-11H2,1H3/t14-/m0/s1. The Bertz CT molecular complexity index is 903. The van der Waals surface area contributed by atoms with Crippen LogP contribution in [0.5, 0.6) is 0 Å². The van der Waals surface area contributed by atoms with Crippen molar-refractivity contribution in [1.29, 1.82) is 0 Å². The predicted octanol–water partition coefficient (Wildman–Crippen LogP) is 3.70. The molecular weight excluding hydrogens is 321 g/mol. The van der Waals surface area contributed by atoms with E-state index in [2.05, 4.69) is 10.1 Å². The zero-order valence-corrected chi connectivity index (χ0v) is 13.6. The minimum absolute atomic E-state index is 0.0435. The van der Waals surface area contributed by atoms with Crippen LogP contribution in [0, 0.1) is 12.7 Å². The minimum Gasteiger partial charge on any atom is -0.334 e. The predicted molar refractivity (Wildman–Crippen MR) is 90.6 cm³/mol. The van der Waals surface area contributed by atoms with Gasteiger partial charge >= 0.3 is 0 Å². The van der Waals surface area contributed by atoms with E-state index in [1.165, 1.54) is 12.1 Å². The Morgan fingerprint density at radius 1 is 1.12 bits per heavy atom. The van der Waals surface area contributed by atoms with Gasteiger partial charge in [0.05, 0.1) is 0 Å². The van der Waals surface area contributed by atoms with Gasteiger partial charge in [-0.25, -0.2) is 4.39 Å². The maximum absolute atomic E-state index is 13.0. The Kier molecular flexibility index (Phi) is 3.80. The molecule has 126 valence electrons. The quantitative estimate of drug-likeness (QED) is 0.731. The van der Waals surface area contributed by atoms with Crippen molar-refractivity contribution in [3.8, 4) is 11.5 Å². The van der Waals surface area contributed by atoms with Gasteiger partial charge in [0.15, 0.2) is 5.82 Å². The van der Waals surface area contributed by atoms with E-state index in [0.29, 0.717) is 30.2 Å². The molecule has 4 rings (SSSR count). The molecule has 0 aliphatic carbocycles. The second-order valence-electron chi connectivity index (χ2n) is 6.21. The maximum atomic E-state index is 13.0. The second kappa shape index (κ2) is 6.12. The topological polar surface area (TPSA) is 59.2 Å². The fourth-order valence-corrected chi connectivity index (χ4v) is 2.97. The van der Waals surface area contributed by atoms with Crippen LogP contribution in [0.4, 0.5) is 10.1 Å².